The Hall–Kier alpha value is -2.87. The smallest absolute Gasteiger partial charge is 0.166 e. The van der Waals surface area contributed by atoms with Crippen molar-refractivity contribution in [1.82, 2.24) is 0 Å². The minimum atomic E-state index is 0.103. The maximum absolute atomic E-state index is 13.3. The van der Waals surface area contributed by atoms with Gasteiger partial charge in [0.25, 0.3) is 0 Å². The molecule has 0 saturated heterocycles. The van der Waals surface area contributed by atoms with E-state index >= 15 is 0 Å². The van der Waals surface area contributed by atoms with E-state index in [4.69, 9.17) is 0 Å². The highest BCUT2D eigenvalue weighted by Gasteiger charge is 2.34. The van der Waals surface area contributed by atoms with E-state index in [0.29, 0.717) is 11.7 Å². The topological polar surface area (TPSA) is 20.3 Å². The van der Waals surface area contributed by atoms with E-state index < -0.39 is 0 Å². The highest BCUT2D eigenvalue weighted by atomic mass is 16.1. The zero-order valence-electron chi connectivity index (χ0n) is 18.7. The standard InChI is InChI=1S/C30H31NO/c32-30(21-8-2-1-3-9-21)28-15-5-14-27(28)23-11-4-10-22(18-23)26-19-24-12-6-16-31-17-7-13-25(20-26)29(24)31/h1-4,8-11,18-20,27-28H,5-7,12-17H2. The molecule has 3 aromatic rings. The van der Waals surface area contributed by atoms with Crippen LogP contribution in [0.3, 0.4) is 0 Å². The van der Waals surface area contributed by atoms with Crippen molar-refractivity contribution in [2.75, 3.05) is 18.0 Å². The number of nitrogens with zero attached hydrogens (tertiary/aromatic N) is 1. The maximum Gasteiger partial charge on any atom is 0.166 e. The van der Waals surface area contributed by atoms with Crippen molar-refractivity contribution in [3.8, 4) is 11.1 Å². The third-order valence-corrected chi connectivity index (χ3v) is 7.89. The molecule has 2 unspecified atom stereocenters. The number of ketones is 1. The van der Waals surface area contributed by atoms with Crippen LogP contribution in [0.25, 0.3) is 11.1 Å². The molecule has 0 aromatic heterocycles. The van der Waals surface area contributed by atoms with Crippen LogP contribution < -0.4 is 4.90 Å². The quantitative estimate of drug-likeness (QED) is 0.431. The summed E-state index contributed by atoms with van der Waals surface area (Å²) in [6.45, 7) is 2.43. The molecule has 32 heavy (non-hydrogen) atoms. The molecule has 1 saturated carbocycles. The zero-order chi connectivity index (χ0) is 21.5. The van der Waals surface area contributed by atoms with Gasteiger partial charge in [0.2, 0.25) is 0 Å². The average molecular weight is 422 g/mol. The first-order valence-corrected chi connectivity index (χ1v) is 12.4. The van der Waals surface area contributed by atoms with E-state index in [1.807, 2.05) is 30.3 Å². The van der Waals surface area contributed by atoms with Gasteiger partial charge >= 0.3 is 0 Å². The van der Waals surface area contributed by atoms with Crippen LogP contribution >= 0.6 is 0 Å². The van der Waals surface area contributed by atoms with Crippen LogP contribution in [0.4, 0.5) is 5.69 Å². The Morgan fingerprint density at radius 1 is 0.750 bits per heavy atom. The fourth-order valence-corrected chi connectivity index (χ4v) is 6.41. The summed E-state index contributed by atoms with van der Waals surface area (Å²) in [7, 11) is 0. The second kappa shape index (κ2) is 8.24. The molecule has 0 amide bonds. The minimum absolute atomic E-state index is 0.103. The van der Waals surface area contributed by atoms with E-state index in [2.05, 4.69) is 41.3 Å². The fourth-order valence-electron chi connectivity index (χ4n) is 6.41. The van der Waals surface area contributed by atoms with Gasteiger partial charge in [0.05, 0.1) is 0 Å². The van der Waals surface area contributed by atoms with Gasteiger partial charge in [-0.25, -0.2) is 0 Å². The van der Waals surface area contributed by atoms with E-state index in [-0.39, 0.29) is 5.92 Å². The molecule has 1 aliphatic carbocycles. The highest BCUT2D eigenvalue weighted by Crippen LogP contribution is 2.43. The molecule has 2 heterocycles. The second-order valence-corrected chi connectivity index (χ2v) is 9.84. The van der Waals surface area contributed by atoms with Crippen LogP contribution in [0.1, 0.15) is 65.1 Å². The zero-order valence-corrected chi connectivity index (χ0v) is 18.7. The molecule has 0 spiro atoms. The van der Waals surface area contributed by atoms with Crippen LogP contribution in [-0.2, 0) is 12.8 Å². The molecule has 3 aromatic carbocycles. The third-order valence-electron chi connectivity index (χ3n) is 7.89. The van der Waals surface area contributed by atoms with Crippen LogP contribution in [-0.4, -0.2) is 18.9 Å². The lowest BCUT2D eigenvalue weighted by molar-refractivity contribution is 0.0912. The van der Waals surface area contributed by atoms with Gasteiger partial charge in [-0.2, -0.15) is 0 Å². The van der Waals surface area contributed by atoms with Crippen molar-refractivity contribution in [1.29, 1.82) is 0 Å². The van der Waals surface area contributed by atoms with Crippen LogP contribution in [0, 0.1) is 5.92 Å². The van der Waals surface area contributed by atoms with E-state index in [1.54, 1.807) is 0 Å². The first-order valence-electron chi connectivity index (χ1n) is 12.4. The van der Waals surface area contributed by atoms with Gasteiger partial charge in [-0.3, -0.25) is 4.79 Å². The highest BCUT2D eigenvalue weighted by molar-refractivity contribution is 5.98. The lowest BCUT2D eigenvalue weighted by atomic mass is 9.82. The van der Waals surface area contributed by atoms with Crippen molar-refractivity contribution in [2.24, 2.45) is 5.92 Å². The Kier molecular flexibility index (Phi) is 5.09. The van der Waals surface area contributed by atoms with Crippen LogP contribution in [0.5, 0.6) is 0 Å². The number of rotatable bonds is 4. The number of aryl methyl sites for hydroxylation is 2. The van der Waals surface area contributed by atoms with Crippen LogP contribution in [0.2, 0.25) is 0 Å². The monoisotopic (exact) mass is 421 g/mol. The Labute approximate surface area is 191 Å². The van der Waals surface area contributed by atoms with Crippen molar-refractivity contribution in [3.63, 3.8) is 0 Å². The third kappa shape index (κ3) is 3.46. The van der Waals surface area contributed by atoms with E-state index in [0.717, 1.165) is 24.8 Å². The van der Waals surface area contributed by atoms with Gasteiger partial charge in [-0.1, -0.05) is 61.0 Å². The second-order valence-electron chi connectivity index (χ2n) is 9.84. The minimum Gasteiger partial charge on any atom is -0.371 e. The van der Waals surface area contributed by atoms with Gasteiger partial charge in [0, 0.05) is 30.3 Å². The van der Waals surface area contributed by atoms with E-state index in [9.17, 15) is 4.79 Å². The summed E-state index contributed by atoms with van der Waals surface area (Å²) in [5.41, 5.74) is 9.46. The van der Waals surface area contributed by atoms with Gasteiger partial charge in [0.15, 0.2) is 5.78 Å². The molecule has 2 nitrogen and oxygen atoms in total. The molecule has 3 aliphatic rings. The first-order chi connectivity index (χ1) is 15.8. The van der Waals surface area contributed by atoms with Crippen molar-refractivity contribution < 1.29 is 4.79 Å². The molecule has 2 atom stereocenters. The van der Waals surface area contributed by atoms with Crippen LogP contribution in [0.15, 0.2) is 66.7 Å². The number of carbonyl (C=O) groups excluding carboxylic acids is 1. The Balaban J connectivity index is 1.33. The van der Waals surface area contributed by atoms with Crippen molar-refractivity contribution in [2.45, 2.75) is 50.9 Å². The molecule has 0 N–H and O–H groups in total. The lowest BCUT2D eigenvalue weighted by Gasteiger charge is -2.37. The number of anilines is 1. The SMILES string of the molecule is O=C(c1ccccc1)C1CCCC1c1cccc(-c2cc3c4c(c2)CCCN4CCC3)c1. The molecule has 0 radical (unpaired) electrons. The summed E-state index contributed by atoms with van der Waals surface area (Å²) >= 11 is 0. The van der Waals surface area contributed by atoms with Crippen molar-refractivity contribution in [3.05, 3.63) is 89.0 Å². The molecule has 2 heteroatoms. The Morgan fingerprint density at radius 2 is 1.50 bits per heavy atom. The molecular formula is C30H31NO. The van der Waals surface area contributed by atoms with Gasteiger partial charge in [-0.15, -0.1) is 0 Å². The summed E-state index contributed by atoms with van der Waals surface area (Å²) < 4.78 is 0. The normalized spacial score (nSPS) is 21.9. The number of Topliss-reactive ketones (excluding diaryl/α,β-unsaturated/α-hetero) is 1. The molecule has 162 valence electrons. The fraction of sp³-hybridized carbons (Fsp3) is 0.367. The molecule has 2 aliphatic heterocycles. The predicted molar refractivity (Wildman–Crippen MR) is 132 cm³/mol. The maximum atomic E-state index is 13.3. The average Bonchev–Trinajstić information content (AvgIpc) is 3.35. The van der Waals surface area contributed by atoms with Gasteiger partial charge in [-0.05, 0) is 84.4 Å². The summed E-state index contributed by atoms with van der Waals surface area (Å²) in [4.78, 5) is 15.9. The molecular weight excluding hydrogens is 390 g/mol. The first kappa shape index (κ1) is 19.8. The van der Waals surface area contributed by atoms with Crippen molar-refractivity contribution >= 4 is 11.5 Å². The number of hydrogen-bond acceptors (Lipinski definition) is 2. The van der Waals surface area contributed by atoms with E-state index in [1.165, 1.54) is 72.3 Å². The summed E-state index contributed by atoms with van der Waals surface area (Å²) in [6, 6.07) is 23.8. The Bertz CT molecular complexity index is 1120. The van der Waals surface area contributed by atoms with Gasteiger partial charge < -0.3 is 4.90 Å². The van der Waals surface area contributed by atoms with Gasteiger partial charge in [0.1, 0.15) is 0 Å². The number of benzene rings is 3. The number of hydrogen-bond donors (Lipinski definition) is 0. The Morgan fingerprint density at radius 3 is 2.25 bits per heavy atom. The lowest BCUT2D eigenvalue weighted by Crippen LogP contribution is -2.34. The predicted octanol–water partition coefficient (Wildman–Crippen LogP) is 6.82. The number of carbonyl (C=O) groups is 1. The molecule has 1 fully saturated rings. The summed E-state index contributed by atoms with van der Waals surface area (Å²) in [5.74, 6) is 0.747. The molecule has 0 bridgehead atoms. The summed E-state index contributed by atoms with van der Waals surface area (Å²) in [6.07, 6.45) is 8.17. The summed E-state index contributed by atoms with van der Waals surface area (Å²) in [5, 5.41) is 0. The largest absolute Gasteiger partial charge is 0.371 e. The molecule has 6 rings (SSSR count).